The van der Waals surface area contributed by atoms with Gasteiger partial charge in [0.15, 0.2) is 8.32 Å². The summed E-state index contributed by atoms with van der Waals surface area (Å²) in [4.78, 5) is 14.8. The predicted octanol–water partition coefficient (Wildman–Crippen LogP) is 7.21. The molecule has 1 saturated heterocycles. The maximum Gasteiger partial charge on any atom is 0.408 e. The zero-order chi connectivity index (χ0) is 27.6. The van der Waals surface area contributed by atoms with Crippen LogP contribution in [0.4, 0.5) is 10.5 Å². The number of anilines is 1. The van der Waals surface area contributed by atoms with Crippen molar-refractivity contribution >= 4 is 20.1 Å². The Morgan fingerprint density at radius 1 is 1.08 bits per heavy atom. The van der Waals surface area contributed by atoms with E-state index in [4.69, 9.17) is 14.9 Å². The molecule has 2 aromatic rings. The molecule has 37 heavy (non-hydrogen) atoms. The van der Waals surface area contributed by atoms with Crippen molar-refractivity contribution < 1.29 is 19.1 Å². The minimum Gasteiger partial charge on any atom is -0.491 e. The molecule has 2 aromatic carbocycles. The fraction of sp³-hybridized carbons (Fsp3) is 0.567. The predicted molar refractivity (Wildman–Crippen MR) is 154 cm³/mol. The number of nitrogen functional groups attached to an aromatic ring is 1. The topological polar surface area (TPSA) is 85.0 Å². The molecule has 3 rings (SSSR count). The average Bonchev–Trinajstić information content (AvgIpc) is 3.19. The van der Waals surface area contributed by atoms with E-state index >= 15 is 0 Å². The lowest BCUT2D eigenvalue weighted by Crippen LogP contribution is -2.62. The van der Waals surface area contributed by atoms with E-state index < -0.39 is 19.9 Å². The Bertz CT molecular complexity index is 1040. The molecule has 204 valence electrons. The van der Waals surface area contributed by atoms with Gasteiger partial charge in [-0.15, -0.1) is 0 Å². The van der Waals surface area contributed by atoms with Crippen LogP contribution in [-0.2, 0) is 10.8 Å². The summed E-state index contributed by atoms with van der Waals surface area (Å²) in [7, 11) is -2.22. The number of para-hydroxylation sites is 1. The summed E-state index contributed by atoms with van der Waals surface area (Å²) in [6, 6.07) is 17.2. The van der Waals surface area contributed by atoms with Gasteiger partial charge in [-0.1, -0.05) is 71.9 Å². The van der Waals surface area contributed by atoms with Crippen LogP contribution < -0.4 is 10.5 Å². The SMILES string of the molecule is CC(C)(C)[C@@]1(Cc2ccc(N)cc2)CC[C@H]([C@@H](COc2ccccc2)O[Si](C)(C)C(C)(C)C)N1C(=O)O. The molecule has 0 bridgehead atoms. The van der Waals surface area contributed by atoms with E-state index in [-0.39, 0.29) is 22.6 Å². The molecule has 0 unspecified atom stereocenters. The standard InChI is InChI=1S/C30H46N2O4Si/c1-28(2,3)30(20-22-14-16-23(31)17-15-22)19-18-25(32(30)27(33)34)26(36-37(7,8)29(4,5)6)21-35-24-12-10-9-11-13-24/h9-17,25-26H,18-21,31H2,1-8H3,(H,33,34)/t25-,26-,30+/m1/s1. The Kier molecular flexibility index (Phi) is 8.40. The summed E-state index contributed by atoms with van der Waals surface area (Å²) in [5.74, 6) is 0.759. The number of hydrogen-bond donors (Lipinski definition) is 2. The van der Waals surface area contributed by atoms with Crippen molar-refractivity contribution in [3.8, 4) is 5.75 Å². The lowest BCUT2D eigenvalue weighted by Gasteiger charge is -2.50. The molecule has 1 heterocycles. The van der Waals surface area contributed by atoms with Gasteiger partial charge in [0.2, 0.25) is 0 Å². The van der Waals surface area contributed by atoms with Gasteiger partial charge in [-0.2, -0.15) is 0 Å². The van der Waals surface area contributed by atoms with Crippen LogP contribution in [0.15, 0.2) is 54.6 Å². The smallest absolute Gasteiger partial charge is 0.408 e. The van der Waals surface area contributed by atoms with Crippen LogP contribution >= 0.6 is 0 Å². The van der Waals surface area contributed by atoms with Gasteiger partial charge in [0.25, 0.3) is 0 Å². The summed E-state index contributed by atoms with van der Waals surface area (Å²) >= 11 is 0. The summed E-state index contributed by atoms with van der Waals surface area (Å²) in [6.07, 6.45) is 0.798. The van der Waals surface area contributed by atoms with Crippen LogP contribution in [0.3, 0.4) is 0 Å². The van der Waals surface area contributed by atoms with Crippen molar-refractivity contribution in [3.63, 3.8) is 0 Å². The minimum absolute atomic E-state index is 0.0181. The number of hydrogen-bond acceptors (Lipinski definition) is 4. The van der Waals surface area contributed by atoms with Crippen LogP contribution in [0.1, 0.15) is 59.9 Å². The molecule has 0 radical (unpaired) electrons. The van der Waals surface area contributed by atoms with Crippen LogP contribution in [0.2, 0.25) is 18.1 Å². The molecule has 7 heteroatoms. The van der Waals surface area contributed by atoms with Crippen molar-refractivity contribution in [2.24, 2.45) is 5.41 Å². The number of ether oxygens (including phenoxy) is 1. The summed E-state index contributed by atoms with van der Waals surface area (Å²) < 4.78 is 13.2. The quantitative estimate of drug-likeness (QED) is 0.280. The Hall–Kier alpha value is -2.51. The largest absolute Gasteiger partial charge is 0.491 e. The summed E-state index contributed by atoms with van der Waals surface area (Å²) in [6.45, 7) is 17.8. The van der Waals surface area contributed by atoms with E-state index in [9.17, 15) is 9.90 Å². The van der Waals surface area contributed by atoms with Gasteiger partial charge < -0.3 is 20.0 Å². The number of rotatable bonds is 8. The van der Waals surface area contributed by atoms with Gasteiger partial charge in [-0.3, -0.25) is 4.90 Å². The third-order valence-electron chi connectivity index (χ3n) is 8.56. The van der Waals surface area contributed by atoms with Gasteiger partial charge in [-0.25, -0.2) is 4.79 Å². The maximum absolute atomic E-state index is 13.1. The third-order valence-corrected chi connectivity index (χ3v) is 13.1. The third kappa shape index (κ3) is 6.32. The molecular formula is C30H46N2O4Si. The van der Waals surface area contributed by atoms with Crippen LogP contribution in [0, 0.1) is 5.41 Å². The normalized spacial score (nSPS) is 21.6. The number of benzene rings is 2. The van der Waals surface area contributed by atoms with Crippen molar-refractivity contribution in [1.29, 1.82) is 0 Å². The first kappa shape index (κ1) is 29.0. The van der Waals surface area contributed by atoms with E-state index in [0.29, 0.717) is 18.7 Å². The molecule has 3 atom stereocenters. The highest BCUT2D eigenvalue weighted by atomic mass is 28.4. The fourth-order valence-electron chi connectivity index (χ4n) is 5.25. The maximum atomic E-state index is 13.1. The van der Waals surface area contributed by atoms with Gasteiger partial charge in [-0.05, 0) is 72.6 Å². The molecule has 0 aromatic heterocycles. The first-order valence-electron chi connectivity index (χ1n) is 13.3. The Balaban J connectivity index is 2.02. The van der Waals surface area contributed by atoms with Crippen molar-refractivity contribution in [2.45, 2.75) is 96.6 Å². The fourth-order valence-corrected chi connectivity index (χ4v) is 6.59. The van der Waals surface area contributed by atoms with Gasteiger partial charge >= 0.3 is 6.09 Å². The first-order valence-corrected chi connectivity index (χ1v) is 16.2. The van der Waals surface area contributed by atoms with Gasteiger partial charge in [0, 0.05) is 5.69 Å². The number of nitrogens with zero attached hydrogens (tertiary/aromatic N) is 1. The second-order valence-corrected chi connectivity index (χ2v) is 17.8. The van der Waals surface area contributed by atoms with Crippen LogP contribution in [-0.4, -0.2) is 48.7 Å². The number of amides is 1. The van der Waals surface area contributed by atoms with E-state index in [1.54, 1.807) is 4.90 Å². The van der Waals surface area contributed by atoms with Crippen LogP contribution in [0.25, 0.3) is 0 Å². The zero-order valence-electron chi connectivity index (χ0n) is 23.9. The molecule has 0 spiro atoms. The molecule has 0 aliphatic carbocycles. The minimum atomic E-state index is -2.22. The number of carboxylic acid groups (broad SMARTS) is 1. The van der Waals surface area contributed by atoms with Gasteiger partial charge in [0.05, 0.1) is 17.7 Å². The zero-order valence-corrected chi connectivity index (χ0v) is 24.9. The highest BCUT2D eigenvalue weighted by Crippen LogP contribution is 2.50. The van der Waals surface area contributed by atoms with E-state index in [0.717, 1.165) is 24.2 Å². The second kappa shape index (κ2) is 10.7. The number of nitrogens with two attached hydrogens (primary N) is 1. The Labute approximate surface area is 224 Å². The summed E-state index contributed by atoms with van der Waals surface area (Å²) in [5.41, 5.74) is 6.82. The summed E-state index contributed by atoms with van der Waals surface area (Å²) in [5, 5.41) is 10.7. The van der Waals surface area contributed by atoms with E-state index in [1.807, 2.05) is 54.6 Å². The molecule has 1 aliphatic heterocycles. The number of likely N-dealkylation sites (tertiary alicyclic amines) is 1. The Morgan fingerprint density at radius 2 is 1.68 bits per heavy atom. The van der Waals surface area contributed by atoms with Crippen molar-refractivity contribution in [1.82, 2.24) is 4.90 Å². The highest BCUT2D eigenvalue weighted by Gasteiger charge is 2.58. The van der Waals surface area contributed by atoms with E-state index in [1.165, 1.54) is 0 Å². The second-order valence-electron chi connectivity index (χ2n) is 13.0. The molecule has 6 nitrogen and oxygen atoms in total. The average molecular weight is 527 g/mol. The first-order chi connectivity index (χ1) is 17.1. The molecule has 0 saturated carbocycles. The lowest BCUT2D eigenvalue weighted by atomic mass is 9.68. The highest BCUT2D eigenvalue weighted by molar-refractivity contribution is 6.74. The molecule has 1 fully saturated rings. The van der Waals surface area contributed by atoms with Gasteiger partial charge in [0.1, 0.15) is 12.4 Å². The van der Waals surface area contributed by atoms with Crippen molar-refractivity contribution in [2.75, 3.05) is 12.3 Å². The molecule has 3 N–H and O–H groups in total. The number of carbonyl (C=O) groups is 1. The molecule has 1 aliphatic rings. The van der Waals surface area contributed by atoms with Crippen LogP contribution in [0.5, 0.6) is 5.75 Å². The van der Waals surface area contributed by atoms with E-state index in [2.05, 4.69) is 54.6 Å². The monoisotopic (exact) mass is 526 g/mol. The van der Waals surface area contributed by atoms with Crippen molar-refractivity contribution in [3.05, 3.63) is 60.2 Å². The Morgan fingerprint density at radius 3 is 2.19 bits per heavy atom. The molecular weight excluding hydrogens is 480 g/mol. The lowest BCUT2D eigenvalue weighted by molar-refractivity contribution is -0.0234. The molecule has 1 amide bonds.